The number of rotatable bonds is 3. The maximum Gasteiger partial charge on any atom is 0.231 e. The number of halogens is 1. The topological polar surface area (TPSA) is 67.2 Å². The molecule has 0 aliphatic carbocycles. The number of anilines is 2. The Morgan fingerprint density at radius 2 is 2.17 bits per heavy atom. The van der Waals surface area contributed by atoms with Gasteiger partial charge in [-0.25, -0.2) is 0 Å². The van der Waals surface area contributed by atoms with E-state index in [9.17, 15) is 9.59 Å². The number of aromatic nitrogens is 2. The van der Waals surface area contributed by atoms with E-state index in [0.717, 1.165) is 15.7 Å². The van der Waals surface area contributed by atoms with Gasteiger partial charge < -0.3 is 10.2 Å². The summed E-state index contributed by atoms with van der Waals surface area (Å²) in [6.07, 6.45) is 1.97. The third kappa shape index (κ3) is 3.29. The molecule has 0 spiro atoms. The van der Waals surface area contributed by atoms with Crippen molar-refractivity contribution in [2.24, 2.45) is 13.0 Å². The van der Waals surface area contributed by atoms with Crippen molar-refractivity contribution < 1.29 is 9.59 Å². The Labute approximate surface area is 142 Å². The third-order valence-electron chi connectivity index (χ3n) is 3.91. The first-order chi connectivity index (χ1) is 10.9. The lowest BCUT2D eigenvalue weighted by Crippen LogP contribution is -2.28. The molecule has 3 rings (SSSR count). The highest BCUT2D eigenvalue weighted by Gasteiger charge is 2.35. The normalized spacial score (nSPS) is 17.6. The Morgan fingerprint density at radius 3 is 2.83 bits per heavy atom. The average molecular weight is 377 g/mol. The molecule has 0 radical (unpaired) electrons. The Hall–Kier alpha value is -2.15. The molecule has 1 aliphatic heterocycles. The third-order valence-corrected chi connectivity index (χ3v) is 4.40. The van der Waals surface area contributed by atoms with Crippen molar-refractivity contribution in [3.63, 3.8) is 0 Å². The summed E-state index contributed by atoms with van der Waals surface area (Å²) in [6, 6.07) is 7.49. The minimum Gasteiger partial charge on any atom is -0.311 e. The van der Waals surface area contributed by atoms with Crippen LogP contribution in [0.4, 0.5) is 11.5 Å². The second-order valence-corrected chi connectivity index (χ2v) is 6.62. The fourth-order valence-electron chi connectivity index (χ4n) is 2.75. The van der Waals surface area contributed by atoms with Gasteiger partial charge in [0.1, 0.15) is 0 Å². The molecule has 1 saturated heterocycles. The van der Waals surface area contributed by atoms with Gasteiger partial charge in [0.05, 0.1) is 5.92 Å². The van der Waals surface area contributed by atoms with Crippen LogP contribution < -0.4 is 10.2 Å². The summed E-state index contributed by atoms with van der Waals surface area (Å²) >= 11 is 3.42. The van der Waals surface area contributed by atoms with E-state index in [1.165, 1.54) is 0 Å². The first-order valence-corrected chi connectivity index (χ1v) is 8.10. The minimum absolute atomic E-state index is 0.0309. The first-order valence-electron chi connectivity index (χ1n) is 7.31. The molecule has 1 fully saturated rings. The Morgan fingerprint density at radius 1 is 1.39 bits per heavy atom. The van der Waals surface area contributed by atoms with Gasteiger partial charge in [0.15, 0.2) is 5.82 Å². The standard InChI is InChI=1S/C16H17BrN4O2/c1-10-7-12(17)3-4-13(10)21-9-11(8-15(21)22)16(23)18-14-5-6-20(2)19-14/h3-7,11H,8-9H2,1-2H3,(H,18,19,23)/t11-/m1/s1. The highest BCUT2D eigenvalue weighted by molar-refractivity contribution is 9.10. The average Bonchev–Trinajstić information content (AvgIpc) is 3.05. The van der Waals surface area contributed by atoms with Gasteiger partial charge in [-0.1, -0.05) is 15.9 Å². The number of amides is 2. The second-order valence-electron chi connectivity index (χ2n) is 5.70. The molecule has 2 aromatic rings. The molecule has 1 atom stereocenters. The number of nitrogens with one attached hydrogen (secondary N) is 1. The summed E-state index contributed by atoms with van der Waals surface area (Å²) in [5.41, 5.74) is 1.85. The Balaban J connectivity index is 1.73. The molecule has 120 valence electrons. The number of hydrogen-bond donors (Lipinski definition) is 1. The van der Waals surface area contributed by atoms with Gasteiger partial charge in [-0.05, 0) is 30.7 Å². The smallest absolute Gasteiger partial charge is 0.231 e. The maximum absolute atomic E-state index is 12.3. The van der Waals surface area contributed by atoms with Gasteiger partial charge in [0, 0.05) is 42.4 Å². The van der Waals surface area contributed by atoms with Crippen LogP contribution >= 0.6 is 15.9 Å². The van der Waals surface area contributed by atoms with Crippen LogP contribution in [0.15, 0.2) is 34.9 Å². The first kappa shape index (κ1) is 15.7. The molecule has 1 aromatic heterocycles. The van der Waals surface area contributed by atoms with Crippen molar-refractivity contribution in [1.82, 2.24) is 9.78 Å². The molecule has 7 heteroatoms. The Kier molecular flexibility index (Phi) is 4.21. The molecule has 2 heterocycles. The molecular formula is C16H17BrN4O2. The van der Waals surface area contributed by atoms with E-state index in [4.69, 9.17) is 0 Å². The van der Waals surface area contributed by atoms with Gasteiger partial charge >= 0.3 is 0 Å². The maximum atomic E-state index is 12.3. The van der Waals surface area contributed by atoms with Gasteiger partial charge in [-0.3, -0.25) is 14.3 Å². The van der Waals surface area contributed by atoms with E-state index < -0.39 is 0 Å². The number of hydrogen-bond acceptors (Lipinski definition) is 3. The Bertz CT molecular complexity index is 771. The molecule has 23 heavy (non-hydrogen) atoms. The number of carbonyl (C=O) groups is 2. The number of carbonyl (C=O) groups excluding carboxylic acids is 2. The van der Waals surface area contributed by atoms with Crippen LogP contribution in [0.3, 0.4) is 0 Å². The molecular weight excluding hydrogens is 360 g/mol. The highest BCUT2D eigenvalue weighted by Crippen LogP contribution is 2.30. The van der Waals surface area contributed by atoms with E-state index in [1.54, 1.807) is 28.9 Å². The summed E-state index contributed by atoms with van der Waals surface area (Å²) < 4.78 is 2.59. The minimum atomic E-state index is -0.368. The van der Waals surface area contributed by atoms with Crippen LogP contribution in [0.5, 0.6) is 0 Å². The van der Waals surface area contributed by atoms with Crippen LogP contribution in [-0.4, -0.2) is 28.1 Å². The quantitative estimate of drug-likeness (QED) is 0.894. The number of aryl methyl sites for hydroxylation is 2. The van der Waals surface area contributed by atoms with Crippen molar-refractivity contribution >= 4 is 39.2 Å². The SMILES string of the molecule is Cc1cc(Br)ccc1N1C[C@H](C(=O)Nc2ccn(C)n2)CC1=O. The molecule has 0 unspecified atom stereocenters. The zero-order valence-corrected chi connectivity index (χ0v) is 14.5. The largest absolute Gasteiger partial charge is 0.311 e. The van der Waals surface area contributed by atoms with Gasteiger partial charge in [0.2, 0.25) is 11.8 Å². The van der Waals surface area contributed by atoms with Crippen LogP contribution in [0.2, 0.25) is 0 Å². The highest BCUT2D eigenvalue weighted by atomic mass is 79.9. The molecule has 0 bridgehead atoms. The van der Waals surface area contributed by atoms with Gasteiger partial charge in [0.25, 0.3) is 0 Å². The molecule has 1 aromatic carbocycles. The second kappa shape index (κ2) is 6.16. The molecule has 1 aliphatic rings. The summed E-state index contributed by atoms with van der Waals surface area (Å²) in [6.45, 7) is 2.34. The van der Waals surface area contributed by atoms with Gasteiger partial charge in [-0.2, -0.15) is 5.10 Å². The van der Waals surface area contributed by atoms with Crippen molar-refractivity contribution in [2.45, 2.75) is 13.3 Å². The van der Waals surface area contributed by atoms with Crippen LogP contribution in [0, 0.1) is 12.8 Å². The fourth-order valence-corrected chi connectivity index (χ4v) is 3.22. The van der Waals surface area contributed by atoms with Crippen molar-refractivity contribution in [3.05, 3.63) is 40.5 Å². The summed E-state index contributed by atoms with van der Waals surface area (Å²) in [5.74, 6) is -0.0679. The molecule has 1 N–H and O–H groups in total. The van der Waals surface area contributed by atoms with Crippen molar-refractivity contribution in [3.8, 4) is 0 Å². The van der Waals surface area contributed by atoms with E-state index in [1.807, 2.05) is 25.1 Å². The lowest BCUT2D eigenvalue weighted by atomic mass is 10.1. The van der Waals surface area contributed by atoms with Gasteiger partial charge in [-0.15, -0.1) is 0 Å². The lowest BCUT2D eigenvalue weighted by molar-refractivity contribution is -0.122. The van der Waals surface area contributed by atoms with Crippen LogP contribution in [-0.2, 0) is 16.6 Å². The molecule has 2 amide bonds. The molecule has 6 nitrogen and oxygen atoms in total. The number of nitrogens with zero attached hydrogens (tertiary/aromatic N) is 3. The lowest BCUT2D eigenvalue weighted by Gasteiger charge is -2.19. The van der Waals surface area contributed by atoms with Crippen LogP contribution in [0.1, 0.15) is 12.0 Å². The number of benzene rings is 1. The van der Waals surface area contributed by atoms with E-state index >= 15 is 0 Å². The zero-order valence-electron chi connectivity index (χ0n) is 12.9. The van der Waals surface area contributed by atoms with Crippen LogP contribution in [0.25, 0.3) is 0 Å². The van der Waals surface area contributed by atoms with E-state index in [2.05, 4.69) is 26.3 Å². The fraction of sp³-hybridized carbons (Fsp3) is 0.312. The zero-order chi connectivity index (χ0) is 16.6. The summed E-state index contributed by atoms with van der Waals surface area (Å²) in [4.78, 5) is 26.3. The summed E-state index contributed by atoms with van der Waals surface area (Å²) in [7, 11) is 1.78. The van der Waals surface area contributed by atoms with Crippen molar-refractivity contribution in [1.29, 1.82) is 0 Å². The van der Waals surface area contributed by atoms with Crippen molar-refractivity contribution in [2.75, 3.05) is 16.8 Å². The monoisotopic (exact) mass is 376 g/mol. The summed E-state index contributed by atoms with van der Waals surface area (Å²) in [5, 5.41) is 6.89. The van der Waals surface area contributed by atoms with E-state index in [0.29, 0.717) is 12.4 Å². The molecule has 0 saturated carbocycles. The predicted molar refractivity (Wildman–Crippen MR) is 91.2 cm³/mol. The van der Waals surface area contributed by atoms with E-state index in [-0.39, 0.29) is 24.2 Å². The predicted octanol–water partition coefficient (Wildman–Crippen LogP) is 2.48.